The van der Waals surface area contributed by atoms with Crippen molar-refractivity contribution in [3.05, 3.63) is 59.2 Å². The van der Waals surface area contributed by atoms with E-state index in [2.05, 4.69) is 34.6 Å². The molecule has 3 atom stereocenters. The average Bonchev–Trinajstić information content (AvgIpc) is 3.82. The summed E-state index contributed by atoms with van der Waals surface area (Å²) < 4.78 is 105. The molecular weight excluding hydrogens is 710 g/mol. The van der Waals surface area contributed by atoms with Crippen LogP contribution < -0.4 is 0 Å². The van der Waals surface area contributed by atoms with E-state index >= 15 is 0 Å². The summed E-state index contributed by atoms with van der Waals surface area (Å²) in [6.07, 6.45) is 4.13. The fourth-order valence-electron chi connectivity index (χ4n) is 3.51. The van der Waals surface area contributed by atoms with Crippen LogP contribution in [0.1, 0.15) is 74.7 Å². The van der Waals surface area contributed by atoms with Crippen LogP contribution >= 0.6 is 15.9 Å². The minimum absolute atomic E-state index is 0. The summed E-state index contributed by atoms with van der Waals surface area (Å²) in [6.45, 7) is 0. The van der Waals surface area contributed by atoms with Crippen LogP contribution in [0.2, 0.25) is 0 Å². The normalized spacial score (nSPS) is 17.2. The van der Waals surface area contributed by atoms with Gasteiger partial charge in [0.05, 0.1) is 30.5 Å². The van der Waals surface area contributed by atoms with Gasteiger partial charge in [-0.05, 0) is 54.4 Å². The maximum Gasteiger partial charge on any atom is 0.433 e. The second kappa shape index (κ2) is 17.8. The maximum absolute atomic E-state index is 12.5. The molecule has 0 saturated heterocycles. The van der Waals surface area contributed by atoms with E-state index in [1.54, 1.807) is 0 Å². The van der Waals surface area contributed by atoms with Gasteiger partial charge >= 0.3 is 12.4 Å². The minimum Gasteiger partial charge on any atom is -0.251 e. The molecule has 2 fully saturated rings. The van der Waals surface area contributed by atoms with Gasteiger partial charge in [0, 0.05) is 30.2 Å². The van der Waals surface area contributed by atoms with Gasteiger partial charge in [0.2, 0.25) is 12.4 Å². The topological polar surface area (TPSA) is 132 Å². The van der Waals surface area contributed by atoms with Gasteiger partial charge in [-0.2, -0.15) is 36.9 Å². The molecular formula is C28H37BrF6N6O2S2. The number of alkyl halides is 7. The Kier molecular flexibility index (Phi) is 16.7. The van der Waals surface area contributed by atoms with Crippen LogP contribution in [-0.2, 0) is 37.6 Å². The van der Waals surface area contributed by atoms with Crippen LogP contribution in [0.5, 0.6) is 0 Å². The van der Waals surface area contributed by atoms with Crippen molar-refractivity contribution in [3.8, 4) is 12.4 Å². The minimum atomic E-state index is -4.50. The number of hydrogen-bond acceptors (Lipinski definition) is 8. The van der Waals surface area contributed by atoms with E-state index in [4.69, 9.17) is 10.5 Å². The number of nitrogens with zero attached hydrogens (tertiary/aromatic N) is 6. The lowest BCUT2D eigenvalue weighted by Crippen LogP contribution is -2.14. The molecule has 0 spiro atoms. The first-order valence-electron chi connectivity index (χ1n) is 12.7. The van der Waals surface area contributed by atoms with Crippen molar-refractivity contribution in [1.29, 1.82) is 10.5 Å². The third-order valence-corrected chi connectivity index (χ3v) is 10.4. The van der Waals surface area contributed by atoms with Gasteiger partial charge in [0.15, 0.2) is 0 Å². The molecule has 0 aromatic carbocycles. The Morgan fingerprint density at radius 3 is 1.69 bits per heavy atom. The Hall–Kier alpha value is -2.76. The summed E-state index contributed by atoms with van der Waals surface area (Å²) in [4.78, 5) is 6.62. The third kappa shape index (κ3) is 15.4. The molecule has 0 amide bonds. The second-order valence-electron chi connectivity index (χ2n) is 10.1. The smallest absolute Gasteiger partial charge is 0.251 e. The molecule has 45 heavy (non-hydrogen) atoms. The van der Waals surface area contributed by atoms with Crippen LogP contribution in [0.4, 0.5) is 26.3 Å². The van der Waals surface area contributed by atoms with E-state index in [0.29, 0.717) is 23.5 Å². The van der Waals surface area contributed by atoms with E-state index in [0.717, 1.165) is 43.3 Å². The SMILES string of the molecule is BrCC1CC1.C.C.CS(=O)(=NC#N)C(CC1CC1)c1ccc(C(F)(F)F)nc1.CS(=O)(Cc1ccc(C(F)(F)F)nc1)=NC#N. The third-order valence-electron chi connectivity index (χ3n) is 6.14. The standard InChI is InChI=1S/C13H14F3N3OS.C9H8F3N3OS.C4H7Br.2CH4/c1-21(20,19-8-17)11(6-9-2-3-9)10-4-5-12(18-7-10)13(14,15)16;1-17(16,15-6-13)5-7-2-3-8(14-4-7)9(10,11)12;5-3-4-1-2-4;;/h4-5,7,9,11H,2-3,6H2,1H3;2-4H,5H2,1H3;4H,1-3H2;2*1H4. The zero-order valence-corrected chi connectivity index (χ0v) is 26.3. The summed E-state index contributed by atoms with van der Waals surface area (Å²) in [5, 5.41) is 17.6. The van der Waals surface area contributed by atoms with Crippen molar-refractivity contribution < 1.29 is 34.8 Å². The van der Waals surface area contributed by atoms with Gasteiger partial charge in [0.1, 0.15) is 11.4 Å². The maximum atomic E-state index is 12.5. The van der Waals surface area contributed by atoms with Crippen molar-refractivity contribution in [2.24, 2.45) is 20.6 Å². The molecule has 17 heteroatoms. The number of hydrogen-bond donors (Lipinski definition) is 0. The lowest BCUT2D eigenvalue weighted by molar-refractivity contribution is -0.142. The van der Waals surface area contributed by atoms with Crippen LogP contribution in [-0.4, -0.2) is 36.2 Å². The van der Waals surface area contributed by atoms with E-state index in [9.17, 15) is 34.8 Å². The molecule has 2 aliphatic carbocycles. The number of rotatable bonds is 7. The number of nitriles is 2. The van der Waals surface area contributed by atoms with Gasteiger partial charge in [-0.3, -0.25) is 9.97 Å². The lowest BCUT2D eigenvalue weighted by atomic mass is 10.1. The Labute approximate surface area is 270 Å². The van der Waals surface area contributed by atoms with Gasteiger partial charge in [-0.15, -0.1) is 8.73 Å². The quantitative estimate of drug-likeness (QED) is 0.158. The first-order chi connectivity index (χ1) is 19.9. The van der Waals surface area contributed by atoms with Gasteiger partial charge in [-0.1, -0.05) is 55.8 Å². The van der Waals surface area contributed by atoms with Crippen LogP contribution in [0.15, 0.2) is 45.4 Å². The van der Waals surface area contributed by atoms with Crippen LogP contribution in [0.25, 0.3) is 0 Å². The molecule has 252 valence electrons. The Bertz CT molecular complexity index is 1540. The highest BCUT2D eigenvalue weighted by Crippen LogP contribution is 2.41. The monoisotopic (exact) mass is 746 g/mol. The molecule has 4 rings (SSSR count). The van der Waals surface area contributed by atoms with Gasteiger partial charge < -0.3 is 0 Å². The molecule has 8 nitrogen and oxygen atoms in total. The summed E-state index contributed by atoms with van der Waals surface area (Å²) in [6, 6.07) is 4.12. The lowest BCUT2D eigenvalue weighted by Gasteiger charge is -2.18. The van der Waals surface area contributed by atoms with Crippen molar-refractivity contribution in [3.63, 3.8) is 0 Å². The average molecular weight is 748 g/mol. The second-order valence-corrected chi connectivity index (χ2v) is 15.6. The molecule has 2 aromatic rings. The Balaban J connectivity index is 0.000000725. The van der Waals surface area contributed by atoms with E-state index in [1.165, 1.54) is 55.2 Å². The fourth-order valence-corrected chi connectivity index (χ4v) is 6.75. The van der Waals surface area contributed by atoms with Crippen molar-refractivity contribution in [2.75, 3.05) is 17.8 Å². The number of aromatic nitrogens is 2. The largest absolute Gasteiger partial charge is 0.433 e. The van der Waals surface area contributed by atoms with Crippen molar-refractivity contribution >= 4 is 35.4 Å². The van der Waals surface area contributed by atoms with Crippen molar-refractivity contribution in [2.45, 2.75) is 70.3 Å². The summed E-state index contributed by atoms with van der Waals surface area (Å²) in [7, 11) is -5.58. The first-order valence-corrected chi connectivity index (χ1v) is 17.9. The molecule has 2 heterocycles. The highest BCUT2D eigenvalue weighted by atomic mass is 79.9. The summed E-state index contributed by atoms with van der Waals surface area (Å²) in [5.74, 6) is 1.34. The predicted molar refractivity (Wildman–Crippen MR) is 166 cm³/mol. The molecule has 0 radical (unpaired) electrons. The zero-order valence-electron chi connectivity index (χ0n) is 23.1. The highest BCUT2D eigenvalue weighted by Gasteiger charge is 2.35. The Morgan fingerprint density at radius 2 is 1.36 bits per heavy atom. The molecule has 2 saturated carbocycles. The summed E-state index contributed by atoms with van der Waals surface area (Å²) >= 11 is 3.38. The molecule has 0 N–H and O–H groups in total. The van der Waals surface area contributed by atoms with Crippen molar-refractivity contribution in [1.82, 2.24) is 9.97 Å². The number of halogens is 7. The van der Waals surface area contributed by atoms with E-state index in [-0.39, 0.29) is 20.6 Å². The van der Waals surface area contributed by atoms with E-state index < -0.39 is 48.4 Å². The molecule has 2 aliphatic rings. The highest BCUT2D eigenvalue weighted by molar-refractivity contribution is 9.09. The first kappa shape index (κ1) is 42.2. The molecule has 0 aliphatic heterocycles. The predicted octanol–water partition coefficient (Wildman–Crippen LogP) is 8.76. The molecule has 2 aromatic heterocycles. The van der Waals surface area contributed by atoms with Crippen LogP contribution in [0, 0.1) is 34.7 Å². The molecule has 3 unspecified atom stereocenters. The summed E-state index contributed by atoms with van der Waals surface area (Å²) in [5.41, 5.74) is -1.23. The van der Waals surface area contributed by atoms with Crippen LogP contribution in [0.3, 0.4) is 0 Å². The zero-order chi connectivity index (χ0) is 32.5. The Morgan fingerprint density at radius 1 is 0.867 bits per heavy atom. The fraction of sp³-hybridized carbons (Fsp3) is 0.571. The van der Waals surface area contributed by atoms with Gasteiger partial charge in [0.25, 0.3) is 0 Å². The number of pyridine rings is 2. The van der Waals surface area contributed by atoms with Gasteiger partial charge in [-0.25, -0.2) is 8.42 Å². The van der Waals surface area contributed by atoms with E-state index in [1.807, 2.05) is 0 Å². The molecule has 0 bridgehead atoms.